The minimum absolute atomic E-state index is 0.0101. The van der Waals surface area contributed by atoms with E-state index < -0.39 is 5.92 Å². The lowest BCUT2D eigenvalue weighted by atomic mass is 10.1. The Balaban J connectivity index is 1.71. The number of carbonyl (C=O) groups excluding carboxylic acids is 2. The average molecular weight is 368 g/mol. The largest absolute Gasteiger partial charge is 0.497 e. The van der Waals surface area contributed by atoms with E-state index >= 15 is 0 Å². The van der Waals surface area contributed by atoms with Crippen LogP contribution in [0, 0.1) is 5.92 Å². The van der Waals surface area contributed by atoms with Crippen molar-refractivity contribution in [3.63, 3.8) is 0 Å². The third-order valence-electron chi connectivity index (χ3n) is 4.94. The summed E-state index contributed by atoms with van der Waals surface area (Å²) in [6, 6.07) is 15.0. The van der Waals surface area contributed by atoms with Gasteiger partial charge < -0.3 is 19.7 Å². The Morgan fingerprint density at radius 1 is 1.15 bits per heavy atom. The van der Waals surface area contributed by atoms with Crippen LogP contribution in [0.5, 0.6) is 11.5 Å². The maximum absolute atomic E-state index is 12.7. The number of ether oxygens (including phenoxy) is 2. The highest BCUT2D eigenvalue weighted by Crippen LogP contribution is 2.32. The molecular formula is C21H24N2O4. The topological polar surface area (TPSA) is 67.9 Å². The lowest BCUT2D eigenvalue weighted by Gasteiger charge is -2.25. The molecule has 2 atom stereocenters. The van der Waals surface area contributed by atoms with Crippen molar-refractivity contribution in [3.05, 3.63) is 54.1 Å². The quantitative estimate of drug-likeness (QED) is 0.850. The second kappa shape index (κ2) is 8.12. The number of rotatable bonds is 6. The van der Waals surface area contributed by atoms with Crippen LogP contribution in [0.15, 0.2) is 48.5 Å². The van der Waals surface area contributed by atoms with E-state index in [1.54, 1.807) is 37.3 Å². The number of carbonyl (C=O) groups is 2. The normalized spacial score (nSPS) is 17.5. The molecule has 6 nitrogen and oxygen atoms in total. The number of hydrogen-bond acceptors (Lipinski definition) is 4. The van der Waals surface area contributed by atoms with Crippen LogP contribution >= 0.6 is 0 Å². The van der Waals surface area contributed by atoms with E-state index in [1.807, 2.05) is 37.3 Å². The third-order valence-corrected chi connectivity index (χ3v) is 4.94. The van der Waals surface area contributed by atoms with Crippen molar-refractivity contribution in [2.45, 2.75) is 19.4 Å². The lowest BCUT2D eigenvalue weighted by molar-refractivity contribution is -0.129. The van der Waals surface area contributed by atoms with Crippen molar-refractivity contribution < 1.29 is 19.1 Å². The van der Waals surface area contributed by atoms with Crippen LogP contribution in [0.1, 0.15) is 24.9 Å². The number of benzene rings is 2. The van der Waals surface area contributed by atoms with Gasteiger partial charge in [0.25, 0.3) is 0 Å². The van der Waals surface area contributed by atoms with E-state index in [-0.39, 0.29) is 24.3 Å². The summed E-state index contributed by atoms with van der Waals surface area (Å²) in [6.45, 7) is 2.38. The first-order valence-corrected chi connectivity index (χ1v) is 8.90. The molecule has 1 N–H and O–H groups in total. The molecule has 0 bridgehead atoms. The molecule has 2 amide bonds. The van der Waals surface area contributed by atoms with E-state index in [1.165, 1.54) is 0 Å². The summed E-state index contributed by atoms with van der Waals surface area (Å²) < 4.78 is 10.5. The van der Waals surface area contributed by atoms with Crippen molar-refractivity contribution >= 4 is 17.5 Å². The molecule has 0 aliphatic carbocycles. The minimum Gasteiger partial charge on any atom is -0.497 e. The molecular weight excluding hydrogens is 344 g/mol. The maximum atomic E-state index is 12.7. The van der Waals surface area contributed by atoms with Crippen LogP contribution in [-0.4, -0.2) is 37.5 Å². The molecule has 3 rings (SSSR count). The second-order valence-corrected chi connectivity index (χ2v) is 6.59. The summed E-state index contributed by atoms with van der Waals surface area (Å²) in [5.41, 5.74) is 1.59. The van der Waals surface area contributed by atoms with Crippen LogP contribution in [0.3, 0.4) is 0 Å². The molecule has 0 radical (unpaired) electrons. The SMILES string of the molecule is COc1ccc(OC)c(NC(=O)[C@@H]2CC(=O)N([C@@H](C)c3ccccc3)C2)c1. The van der Waals surface area contributed by atoms with Crippen molar-refractivity contribution in [2.24, 2.45) is 5.92 Å². The van der Waals surface area contributed by atoms with Gasteiger partial charge in [0.1, 0.15) is 11.5 Å². The van der Waals surface area contributed by atoms with Crippen molar-refractivity contribution in [3.8, 4) is 11.5 Å². The van der Waals surface area contributed by atoms with E-state index in [4.69, 9.17) is 9.47 Å². The Morgan fingerprint density at radius 2 is 1.89 bits per heavy atom. The molecule has 1 fully saturated rings. The fourth-order valence-electron chi connectivity index (χ4n) is 3.34. The first-order chi connectivity index (χ1) is 13.0. The lowest BCUT2D eigenvalue weighted by Crippen LogP contribution is -2.30. The van der Waals surface area contributed by atoms with Gasteiger partial charge in [0.2, 0.25) is 11.8 Å². The van der Waals surface area contributed by atoms with Gasteiger partial charge in [-0.3, -0.25) is 9.59 Å². The number of methoxy groups -OCH3 is 2. The Kier molecular flexibility index (Phi) is 5.64. The van der Waals surface area contributed by atoms with Crippen LogP contribution in [0.2, 0.25) is 0 Å². The molecule has 142 valence electrons. The molecule has 0 unspecified atom stereocenters. The molecule has 1 aliphatic heterocycles. The molecule has 0 aromatic heterocycles. The standard InChI is InChI=1S/C21H24N2O4/c1-14(15-7-5-4-6-8-15)23-13-16(11-20(23)24)21(25)22-18-12-17(26-2)9-10-19(18)27-3/h4-10,12,14,16H,11,13H2,1-3H3,(H,22,25)/t14-,16+/m0/s1. The zero-order chi connectivity index (χ0) is 19.4. The number of hydrogen-bond donors (Lipinski definition) is 1. The number of likely N-dealkylation sites (tertiary alicyclic amines) is 1. The van der Waals surface area contributed by atoms with Crippen LogP contribution in [-0.2, 0) is 9.59 Å². The van der Waals surface area contributed by atoms with Gasteiger partial charge >= 0.3 is 0 Å². The molecule has 1 heterocycles. The van der Waals surface area contributed by atoms with E-state index in [0.717, 1.165) is 5.56 Å². The predicted octanol–water partition coefficient (Wildman–Crippen LogP) is 3.25. The van der Waals surface area contributed by atoms with Crippen LogP contribution in [0.25, 0.3) is 0 Å². The number of nitrogens with zero attached hydrogens (tertiary/aromatic N) is 1. The molecule has 2 aromatic carbocycles. The summed E-state index contributed by atoms with van der Waals surface area (Å²) in [7, 11) is 3.10. The van der Waals surface area contributed by atoms with Crippen molar-refractivity contribution in [1.82, 2.24) is 4.90 Å². The van der Waals surface area contributed by atoms with Crippen molar-refractivity contribution in [1.29, 1.82) is 0 Å². The summed E-state index contributed by atoms with van der Waals surface area (Å²) in [5, 5.41) is 2.88. The number of nitrogens with one attached hydrogen (secondary N) is 1. The van der Waals surface area contributed by atoms with Gasteiger partial charge in [-0.05, 0) is 24.6 Å². The fraction of sp³-hybridized carbons (Fsp3) is 0.333. The van der Waals surface area contributed by atoms with Gasteiger partial charge in [-0.2, -0.15) is 0 Å². The van der Waals surface area contributed by atoms with Gasteiger partial charge in [-0.1, -0.05) is 30.3 Å². The third kappa shape index (κ3) is 4.05. The second-order valence-electron chi connectivity index (χ2n) is 6.59. The van der Waals surface area contributed by atoms with Gasteiger partial charge in [-0.15, -0.1) is 0 Å². The van der Waals surface area contributed by atoms with Gasteiger partial charge in [0.15, 0.2) is 0 Å². The molecule has 6 heteroatoms. The van der Waals surface area contributed by atoms with Gasteiger partial charge in [0, 0.05) is 19.0 Å². The number of amides is 2. The first kappa shape index (κ1) is 18.8. The Bertz CT molecular complexity index is 822. The predicted molar refractivity (Wildman–Crippen MR) is 103 cm³/mol. The number of anilines is 1. The highest BCUT2D eigenvalue weighted by molar-refractivity contribution is 5.98. The van der Waals surface area contributed by atoms with Gasteiger partial charge in [0.05, 0.1) is 31.9 Å². The molecule has 1 aliphatic rings. The van der Waals surface area contributed by atoms with Crippen molar-refractivity contribution in [2.75, 3.05) is 26.1 Å². The minimum atomic E-state index is -0.403. The molecule has 0 spiro atoms. The summed E-state index contributed by atoms with van der Waals surface area (Å²) >= 11 is 0. The zero-order valence-corrected chi connectivity index (χ0v) is 15.8. The summed E-state index contributed by atoms with van der Waals surface area (Å²) in [6.07, 6.45) is 0.204. The fourth-order valence-corrected chi connectivity index (χ4v) is 3.34. The maximum Gasteiger partial charge on any atom is 0.229 e. The summed E-state index contributed by atoms with van der Waals surface area (Å²) in [4.78, 5) is 27.0. The van der Waals surface area contributed by atoms with E-state index in [9.17, 15) is 9.59 Å². The molecule has 2 aromatic rings. The Morgan fingerprint density at radius 3 is 2.56 bits per heavy atom. The Hall–Kier alpha value is -3.02. The summed E-state index contributed by atoms with van der Waals surface area (Å²) in [5.74, 6) is 0.553. The monoisotopic (exact) mass is 368 g/mol. The first-order valence-electron chi connectivity index (χ1n) is 8.90. The van der Waals surface area contributed by atoms with E-state index in [2.05, 4.69) is 5.32 Å². The smallest absolute Gasteiger partial charge is 0.229 e. The Labute approximate surface area is 159 Å². The van der Waals surface area contributed by atoms with E-state index in [0.29, 0.717) is 23.7 Å². The highest BCUT2D eigenvalue weighted by atomic mass is 16.5. The zero-order valence-electron chi connectivity index (χ0n) is 15.8. The van der Waals surface area contributed by atoms with Crippen LogP contribution < -0.4 is 14.8 Å². The highest BCUT2D eigenvalue weighted by Gasteiger charge is 2.37. The molecule has 0 saturated carbocycles. The van der Waals surface area contributed by atoms with Crippen LogP contribution in [0.4, 0.5) is 5.69 Å². The van der Waals surface area contributed by atoms with Gasteiger partial charge in [-0.25, -0.2) is 0 Å². The molecule has 27 heavy (non-hydrogen) atoms. The molecule has 1 saturated heterocycles. The average Bonchev–Trinajstić information content (AvgIpc) is 3.09.